The van der Waals surface area contributed by atoms with E-state index in [1.165, 1.54) is 9.58 Å². The number of carbonyl (C=O) groups excluding carboxylic acids is 2. The molecule has 2 amide bonds. The van der Waals surface area contributed by atoms with Gasteiger partial charge in [0, 0.05) is 24.2 Å². The summed E-state index contributed by atoms with van der Waals surface area (Å²) in [4.78, 5) is 27.8. The second-order valence-corrected chi connectivity index (χ2v) is 7.47. The zero-order valence-electron chi connectivity index (χ0n) is 17.8. The van der Waals surface area contributed by atoms with Gasteiger partial charge in [-0.2, -0.15) is 9.67 Å². The van der Waals surface area contributed by atoms with Crippen LogP contribution < -0.4 is 9.67 Å². The Kier molecular flexibility index (Phi) is 5.42. The molecular weight excluding hydrogens is 392 g/mol. The summed E-state index contributed by atoms with van der Waals surface area (Å²) in [6.45, 7) is 5.92. The van der Waals surface area contributed by atoms with Crippen molar-refractivity contribution in [3.8, 4) is 11.6 Å². The SMILES string of the molecule is CCCN1C(=O)C(c2c(C)nn(-c3ccccc3)c2[O-])=C([n+]2ccc(CC)cc2)C1=O. The molecule has 4 rings (SSSR count). The van der Waals surface area contributed by atoms with Gasteiger partial charge < -0.3 is 5.11 Å². The summed E-state index contributed by atoms with van der Waals surface area (Å²) in [5.41, 5.74) is 2.59. The number of aryl methyl sites for hydroxylation is 2. The van der Waals surface area contributed by atoms with Crippen LogP contribution in [0.4, 0.5) is 0 Å². The Morgan fingerprint density at radius 2 is 1.68 bits per heavy atom. The Morgan fingerprint density at radius 3 is 2.29 bits per heavy atom. The molecule has 31 heavy (non-hydrogen) atoms. The topological polar surface area (TPSA) is 82.1 Å². The molecule has 0 unspecified atom stereocenters. The maximum Gasteiger partial charge on any atom is 0.326 e. The van der Waals surface area contributed by atoms with Gasteiger partial charge in [0.05, 0.1) is 11.4 Å². The molecule has 1 aliphatic rings. The van der Waals surface area contributed by atoms with E-state index in [1.807, 2.05) is 44.2 Å². The van der Waals surface area contributed by atoms with Crippen molar-refractivity contribution in [1.82, 2.24) is 14.7 Å². The number of imide groups is 1. The van der Waals surface area contributed by atoms with Crippen LogP contribution in [0.1, 0.15) is 37.1 Å². The van der Waals surface area contributed by atoms with Crippen molar-refractivity contribution >= 4 is 23.1 Å². The van der Waals surface area contributed by atoms with E-state index < -0.39 is 17.7 Å². The minimum atomic E-state index is -0.457. The Balaban J connectivity index is 1.94. The molecule has 1 aliphatic heterocycles. The summed E-state index contributed by atoms with van der Waals surface area (Å²) >= 11 is 0. The van der Waals surface area contributed by atoms with Gasteiger partial charge in [-0.15, -0.1) is 0 Å². The smallest absolute Gasteiger partial charge is 0.326 e. The molecule has 0 aliphatic carbocycles. The molecule has 0 spiro atoms. The third-order valence-electron chi connectivity index (χ3n) is 5.42. The number of hydrogen-bond acceptors (Lipinski definition) is 4. The zero-order valence-corrected chi connectivity index (χ0v) is 17.8. The van der Waals surface area contributed by atoms with E-state index in [0.29, 0.717) is 24.3 Å². The van der Waals surface area contributed by atoms with Gasteiger partial charge in [-0.3, -0.25) is 14.5 Å². The molecule has 7 heteroatoms. The molecule has 0 atom stereocenters. The average Bonchev–Trinajstić information content (AvgIpc) is 3.21. The van der Waals surface area contributed by atoms with Crippen LogP contribution in [0.3, 0.4) is 0 Å². The molecule has 3 heterocycles. The molecule has 0 fully saturated rings. The van der Waals surface area contributed by atoms with Crippen LogP contribution in [-0.4, -0.2) is 33.0 Å². The summed E-state index contributed by atoms with van der Waals surface area (Å²) in [6.07, 6.45) is 5.01. The molecular formula is C24H24N4O3. The van der Waals surface area contributed by atoms with Crippen LogP contribution in [0, 0.1) is 6.92 Å². The van der Waals surface area contributed by atoms with Crippen LogP contribution >= 0.6 is 0 Å². The standard InChI is InChI=1S/C24H24N4O3/c1-4-13-27-22(29)20(21(24(27)31)26-14-11-17(5-2)12-15-26)19-16(3)25-28(23(19)30)18-9-7-6-8-10-18/h6-12,14-15H,4-5,13H2,1-3H3. The van der Waals surface area contributed by atoms with Crippen molar-refractivity contribution in [2.75, 3.05) is 6.54 Å². The lowest BCUT2D eigenvalue weighted by atomic mass is 10.0. The highest BCUT2D eigenvalue weighted by atomic mass is 16.3. The minimum Gasteiger partial charge on any atom is -0.858 e. The van der Waals surface area contributed by atoms with E-state index in [2.05, 4.69) is 5.10 Å². The highest BCUT2D eigenvalue weighted by Crippen LogP contribution is 2.36. The molecule has 7 nitrogen and oxygen atoms in total. The number of amides is 2. The first kappa shape index (κ1) is 20.5. The number of aromatic nitrogens is 3. The Hall–Kier alpha value is -3.74. The number of hydrogen-bond donors (Lipinski definition) is 0. The first-order chi connectivity index (χ1) is 15.0. The van der Waals surface area contributed by atoms with Crippen molar-refractivity contribution in [3.05, 3.63) is 71.7 Å². The summed E-state index contributed by atoms with van der Waals surface area (Å²) in [6, 6.07) is 12.8. The minimum absolute atomic E-state index is 0.109. The predicted octanol–water partition coefficient (Wildman–Crippen LogP) is 2.25. The van der Waals surface area contributed by atoms with E-state index in [9.17, 15) is 14.7 Å². The third-order valence-corrected chi connectivity index (χ3v) is 5.42. The number of nitrogens with zero attached hydrogens (tertiary/aromatic N) is 4. The van der Waals surface area contributed by atoms with Gasteiger partial charge in [-0.1, -0.05) is 32.0 Å². The molecule has 158 valence electrons. The highest BCUT2D eigenvalue weighted by Gasteiger charge is 2.46. The van der Waals surface area contributed by atoms with Crippen LogP contribution in [-0.2, 0) is 16.0 Å². The molecule has 0 N–H and O–H groups in total. The van der Waals surface area contributed by atoms with Crippen molar-refractivity contribution < 1.29 is 19.3 Å². The number of benzene rings is 1. The number of carbonyl (C=O) groups is 2. The highest BCUT2D eigenvalue weighted by molar-refractivity contribution is 6.44. The molecule has 0 bridgehead atoms. The summed E-state index contributed by atoms with van der Waals surface area (Å²) < 4.78 is 2.91. The maximum absolute atomic E-state index is 13.3. The van der Waals surface area contributed by atoms with Gasteiger partial charge >= 0.3 is 5.91 Å². The molecule has 0 radical (unpaired) electrons. The van der Waals surface area contributed by atoms with Gasteiger partial charge in [0.25, 0.3) is 11.6 Å². The number of rotatable bonds is 6. The fourth-order valence-corrected chi connectivity index (χ4v) is 3.83. The summed E-state index contributed by atoms with van der Waals surface area (Å²) in [7, 11) is 0. The van der Waals surface area contributed by atoms with Crippen LogP contribution in [0.5, 0.6) is 5.88 Å². The molecule has 0 saturated heterocycles. The van der Waals surface area contributed by atoms with Crippen LogP contribution in [0.2, 0.25) is 0 Å². The van der Waals surface area contributed by atoms with E-state index >= 15 is 0 Å². The van der Waals surface area contributed by atoms with E-state index in [1.54, 1.807) is 36.0 Å². The van der Waals surface area contributed by atoms with Gasteiger partial charge in [0.1, 0.15) is 5.57 Å². The fourth-order valence-electron chi connectivity index (χ4n) is 3.83. The normalized spacial score (nSPS) is 14.1. The molecule has 3 aromatic rings. The van der Waals surface area contributed by atoms with Gasteiger partial charge in [0.2, 0.25) is 0 Å². The third kappa shape index (κ3) is 3.42. The second-order valence-electron chi connectivity index (χ2n) is 7.47. The van der Waals surface area contributed by atoms with E-state index in [-0.39, 0.29) is 16.8 Å². The Morgan fingerprint density at radius 1 is 1.00 bits per heavy atom. The lowest BCUT2D eigenvalue weighted by Gasteiger charge is -2.14. The first-order valence-corrected chi connectivity index (χ1v) is 10.4. The van der Waals surface area contributed by atoms with Gasteiger partial charge in [-0.05, 0) is 43.3 Å². The second kappa shape index (κ2) is 8.18. The quantitative estimate of drug-likeness (QED) is 0.456. The lowest BCUT2D eigenvalue weighted by Crippen LogP contribution is -2.39. The van der Waals surface area contributed by atoms with Gasteiger partial charge in [-0.25, -0.2) is 4.68 Å². The number of para-hydroxylation sites is 1. The lowest BCUT2D eigenvalue weighted by molar-refractivity contribution is -0.577. The van der Waals surface area contributed by atoms with Crippen molar-refractivity contribution in [2.45, 2.75) is 33.6 Å². The van der Waals surface area contributed by atoms with Crippen molar-refractivity contribution in [1.29, 1.82) is 0 Å². The van der Waals surface area contributed by atoms with Crippen LogP contribution in [0.15, 0.2) is 54.9 Å². The average molecular weight is 416 g/mol. The van der Waals surface area contributed by atoms with E-state index in [0.717, 1.165) is 12.0 Å². The van der Waals surface area contributed by atoms with E-state index in [4.69, 9.17) is 0 Å². The largest absolute Gasteiger partial charge is 0.858 e. The van der Waals surface area contributed by atoms with Gasteiger partial charge in [0.15, 0.2) is 12.4 Å². The molecule has 2 aromatic heterocycles. The monoisotopic (exact) mass is 416 g/mol. The first-order valence-electron chi connectivity index (χ1n) is 10.4. The van der Waals surface area contributed by atoms with Crippen molar-refractivity contribution in [2.24, 2.45) is 0 Å². The Bertz CT molecular complexity index is 1180. The summed E-state index contributed by atoms with van der Waals surface area (Å²) in [5.74, 6) is -1.27. The fraction of sp³-hybridized carbons (Fsp3) is 0.250. The van der Waals surface area contributed by atoms with Crippen molar-refractivity contribution in [3.63, 3.8) is 0 Å². The summed E-state index contributed by atoms with van der Waals surface area (Å²) in [5, 5.41) is 17.7. The number of pyridine rings is 1. The molecule has 0 saturated carbocycles. The maximum atomic E-state index is 13.3. The predicted molar refractivity (Wildman–Crippen MR) is 114 cm³/mol. The van der Waals surface area contributed by atoms with Crippen LogP contribution in [0.25, 0.3) is 17.0 Å². The molecule has 1 aromatic carbocycles. The Labute approximate surface area is 180 Å². The zero-order chi connectivity index (χ0) is 22.1.